The van der Waals surface area contributed by atoms with Crippen LogP contribution in [-0.4, -0.2) is 27.0 Å². The molecule has 102 valence electrons. The van der Waals surface area contributed by atoms with Gasteiger partial charge in [0.15, 0.2) is 0 Å². The Bertz CT molecular complexity index is 461. The van der Waals surface area contributed by atoms with Crippen molar-refractivity contribution in [2.45, 2.75) is 24.3 Å². The third-order valence-electron chi connectivity index (χ3n) is 2.51. The summed E-state index contributed by atoms with van der Waals surface area (Å²) in [5.41, 5.74) is 6.32. The van der Waals surface area contributed by atoms with Crippen molar-refractivity contribution in [1.82, 2.24) is 4.72 Å². The zero-order valence-electron chi connectivity index (χ0n) is 10.6. The van der Waals surface area contributed by atoms with Crippen LogP contribution in [0.4, 0.5) is 0 Å². The van der Waals surface area contributed by atoms with Gasteiger partial charge in [0.25, 0.3) is 0 Å². The highest BCUT2D eigenvalue weighted by molar-refractivity contribution is 7.98. The molecule has 0 unspecified atom stereocenters. The summed E-state index contributed by atoms with van der Waals surface area (Å²) in [6.07, 6.45) is 3.92. The predicted molar refractivity (Wildman–Crippen MR) is 77.1 cm³/mol. The molecule has 1 aromatic rings. The molecule has 0 aliphatic rings. The minimum absolute atomic E-state index is 0.287. The monoisotopic (exact) mass is 288 g/mol. The van der Waals surface area contributed by atoms with Crippen LogP contribution in [0.25, 0.3) is 0 Å². The second-order valence-electron chi connectivity index (χ2n) is 3.95. The van der Waals surface area contributed by atoms with Crippen molar-refractivity contribution in [3.8, 4) is 0 Å². The fourth-order valence-corrected chi connectivity index (χ4v) is 3.14. The molecule has 0 aliphatic carbocycles. The number of unbranched alkanes of at least 4 members (excludes halogenated alkanes) is 1. The lowest BCUT2D eigenvalue weighted by Crippen LogP contribution is -2.25. The molecule has 6 heteroatoms. The lowest BCUT2D eigenvalue weighted by molar-refractivity contribution is 0.578. The van der Waals surface area contributed by atoms with Crippen molar-refractivity contribution < 1.29 is 8.42 Å². The third-order valence-corrected chi connectivity index (χ3v) is 4.67. The maximum Gasteiger partial charge on any atom is 0.240 e. The molecule has 0 spiro atoms. The minimum Gasteiger partial charge on any atom is -0.326 e. The van der Waals surface area contributed by atoms with Gasteiger partial charge in [-0.05, 0) is 42.5 Å². The maximum absolute atomic E-state index is 12.0. The van der Waals surface area contributed by atoms with Gasteiger partial charge < -0.3 is 5.73 Å². The summed E-state index contributed by atoms with van der Waals surface area (Å²) < 4.78 is 26.6. The summed E-state index contributed by atoms with van der Waals surface area (Å²) in [7, 11) is -3.39. The van der Waals surface area contributed by atoms with Gasteiger partial charge in [-0.15, -0.1) is 0 Å². The molecule has 0 fully saturated rings. The van der Waals surface area contributed by atoms with E-state index in [1.165, 1.54) is 0 Å². The average Bonchev–Trinajstić information content (AvgIpc) is 2.38. The van der Waals surface area contributed by atoms with E-state index in [-0.39, 0.29) is 4.90 Å². The molecule has 3 N–H and O–H groups in total. The molecule has 4 nitrogen and oxygen atoms in total. The summed E-state index contributed by atoms with van der Waals surface area (Å²) in [5.74, 6) is 1.06. The Labute approximate surface area is 113 Å². The second-order valence-corrected chi connectivity index (χ2v) is 6.70. The van der Waals surface area contributed by atoms with E-state index in [1.54, 1.807) is 30.0 Å². The van der Waals surface area contributed by atoms with E-state index in [4.69, 9.17) is 5.73 Å². The molecular weight excluding hydrogens is 268 g/mol. The van der Waals surface area contributed by atoms with Crippen LogP contribution in [-0.2, 0) is 16.6 Å². The SMILES string of the molecule is CSCCCCNS(=O)(=O)c1cccc(CN)c1. The molecule has 0 saturated heterocycles. The number of thioether (sulfide) groups is 1. The van der Waals surface area contributed by atoms with E-state index >= 15 is 0 Å². The molecule has 1 rings (SSSR count). The normalized spacial score (nSPS) is 11.7. The van der Waals surface area contributed by atoms with Crippen molar-refractivity contribution in [3.63, 3.8) is 0 Å². The summed E-state index contributed by atoms with van der Waals surface area (Å²) in [4.78, 5) is 0.287. The molecule has 0 aromatic heterocycles. The quantitative estimate of drug-likeness (QED) is 0.712. The van der Waals surface area contributed by atoms with Crippen molar-refractivity contribution in [2.75, 3.05) is 18.6 Å². The van der Waals surface area contributed by atoms with Crippen LogP contribution in [0, 0.1) is 0 Å². The maximum atomic E-state index is 12.0. The largest absolute Gasteiger partial charge is 0.326 e. The van der Waals surface area contributed by atoms with Crippen LogP contribution in [0.2, 0.25) is 0 Å². The van der Waals surface area contributed by atoms with Crippen LogP contribution in [0.15, 0.2) is 29.2 Å². The first-order valence-electron chi connectivity index (χ1n) is 5.88. The number of sulfonamides is 1. The fraction of sp³-hybridized carbons (Fsp3) is 0.500. The van der Waals surface area contributed by atoms with Gasteiger partial charge in [-0.3, -0.25) is 0 Å². The summed E-state index contributed by atoms with van der Waals surface area (Å²) >= 11 is 1.77. The Morgan fingerprint density at radius 2 is 2.11 bits per heavy atom. The molecular formula is C12H20N2O2S2. The lowest BCUT2D eigenvalue weighted by atomic mass is 10.2. The molecule has 0 bridgehead atoms. The highest BCUT2D eigenvalue weighted by atomic mass is 32.2. The molecule has 0 radical (unpaired) electrons. The second kappa shape index (κ2) is 7.78. The van der Waals surface area contributed by atoms with Crippen LogP contribution in [0.1, 0.15) is 18.4 Å². The molecule has 0 heterocycles. The fourth-order valence-electron chi connectivity index (χ4n) is 1.50. The van der Waals surface area contributed by atoms with Gasteiger partial charge in [-0.25, -0.2) is 13.1 Å². The van der Waals surface area contributed by atoms with Gasteiger partial charge in [0.05, 0.1) is 4.90 Å². The Morgan fingerprint density at radius 3 is 2.78 bits per heavy atom. The summed E-state index contributed by atoms with van der Waals surface area (Å²) in [6, 6.07) is 6.73. The molecule has 0 aliphatic heterocycles. The van der Waals surface area contributed by atoms with E-state index < -0.39 is 10.0 Å². The topological polar surface area (TPSA) is 72.2 Å². The summed E-state index contributed by atoms with van der Waals surface area (Å²) in [5, 5.41) is 0. The van der Waals surface area contributed by atoms with E-state index in [9.17, 15) is 8.42 Å². The van der Waals surface area contributed by atoms with Crippen molar-refractivity contribution in [2.24, 2.45) is 5.73 Å². The van der Waals surface area contributed by atoms with Crippen molar-refractivity contribution in [1.29, 1.82) is 0 Å². The molecule has 1 aromatic carbocycles. The van der Waals surface area contributed by atoms with Crippen LogP contribution >= 0.6 is 11.8 Å². The molecule has 0 atom stereocenters. The predicted octanol–water partition coefficient (Wildman–Crippen LogP) is 1.57. The lowest BCUT2D eigenvalue weighted by Gasteiger charge is -2.07. The van der Waals surface area contributed by atoms with E-state index in [0.717, 1.165) is 24.2 Å². The van der Waals surface area contributed by atoms with Gasteiger partial charge in [0, 0.05) is 13.1 Å². The van der Waals surface area contributed by atoms with E-state index in [0.29, 0.717) is 13.1 Å². The Hall–Kier alpha value is -0.560. The number of nitrogens with two attached hydrogens (primary N) is 1. The van der Waals surface area contributed by atoms with Crippen LogP contribution < -0.4 is 10.5 Å². The zero-order valence-corrected chi connectivity index (χ0v) is 12.2. The Morgan fingerprint density at radius 1 is 1.33 bits per heavy atom. The van der Waals surface area contributed by atoms with E-state index in [2.05, 4.69) is 4.72 Å². The zero-order chi connectivity index (χ0) is 13.4. The van der Waals surface area contributed by atoms with Gasteiger partial charge in [0.2, 0.25) is 10.0 Å². The number of nitrogens with one attached hydrogen (secondary N) is 1. The molecule has 0 amide bonds. The van der Waals surface area contributed by atoms with E-state index in [1.807, 2.05) is 12.3 Å². The first-order chi connectivity index (χ1) is 8.60. The number of hydrogen-bond acceptors (Lipinski definition) is 4. The van der Waals surface area contributed by atoms with Gasteiger partial charge >= 0.3 is 0 Å². The van der Waals surface area contributed by atoms with Gasteiger partial charge in [-0.1, -0.05) is 12.1 Å². The van der Waals surface area contributed by atoms with Crippen molar-refractivity contribution in [3.05, 3.63) is 29.8 Å². The molecule has 18 heavy (non-hydrogen) atoms. The molecule has 0 saturated carbocycles. The standard InChI is InChI=1S/C12H20N2O2S2/c1-17-8-3-2-7-14-18(15,16)12-6-4-5-11(9-12)10-13/h4-6,9,14H,2-3,7-8,10,13H2,1H3. The third kappa shape index (κ3) is 4.97. The van der Waals surface area contributed by atoms with Gasteiger partial charge in [-0.2, -0.15) is 11.8 Å². The van der Waals surface area contributed by atoms with Crippen LogP contribution in [0.3, 0.4) is 0 Å². The smallest absolute Gasteiger partial charge is 0.240 e. The van der Waals surface area contributed by atoms with Crippen molar-refractivity contribution >= 4 is 21.8 Å². The number of hydrogen-bond donors (Lipinski definition) is 2. The Kier molecular flexibility index (Phi) is 6.70. The number of rotatable bonds is 8. The first-order valence-corrected chi connectivity index (χ1v) is 8.75. The highest BCUT2D eigenvalue weighted by Crippen LogP contribution is 2.11. The van der Waals surface area contributed by atoms with Gasteiger partial charge in [0.1, 0.15) is 0 Å². The van der Waals surface area contributed by atoms with Crippen LogP contribution in [0.5, 0.6) is 0 Å². The minimum atomic E-state index is -3.39. The highest BCUT2D eigenvalue weighted by Gasteiger charge is 2.13. The Balaban J connectivity index is 2.57. The average molecular weight is 288 g/mol. The number of benzene rings is 1. The summed E-state index contributed by atoms with van der Waals surface area (Å²) in [6.45, 7) is 0.826. The first kappa shape index (κ1) is 15.5.